The molecule has 0 amide bonds. The lowest BCUT2D eigenvalue weighted by molar-refractivity contribution is 0.0696. The van der Waals surface area contributed by atoms with Gasteiger partial charge in [0.15, 0.2) is 0 Å². The smallest absolute Gasteiger partial charge is 0.335 e. The molecule has 0 saturated heterocycles. The van der Waals surface area contributed by atoms with Gasteiger partial charge in [-0.3, -0.25) is 0 Å². The van der Waals surface area contributed by atoms with Crippen LogP contribution in [0.25, 0.3) is 11.0 Å². The maximum atomic E-state index is 10.6. The molecule has 0 aliphatic heterocycles. The number of aromatic carboxylic acids is 2. The fourth-order valence-corrected chi connectivity index (χ4v) is 2.08. The number of rotatable bonds is 2. The first kappa shape index (κ1) is 16.1. The summed E-state index contributed by atoms with van der Waals surface area (Å²) in [5, 5.41) is 18.4. The summed E-state index contributed by atoms with van der Waals surface area (Å²) < 4.78 is 5.12. The third kappa shape index (κ3) is 3.68. The van der Waals surface area contributed by atoms with Crippen LogP contribution in [0.15, 0.2) is 53.1 Å². The summed E-state index contributed by atoms with van der Waals surface area (Å²) in [6.45, 7) is 1.48. The van der Waals surface area contributed by atoms with Crippen molar-refractivity contribution >= 4 is 28.6 Å². The van der Waals surface area contributed by atoms with Crippen LogP contribution in [0.2, 0.25) is 0 Å². The van der Waals surface area contributed by atoms with Gasteiger partial charge in [-0.25, -0.2) is 9.59 Å². The molecule has 1 heterocycles. The van der Waals surface area contributed by atoms with Gasteiger partial charge in [0.1, 0.15) is 5.58 Å². The molecule has 6 nitrogen and oxygen atoms in total. The van der Waals surface area contributed by atoms with Crippen molar-refractivity contribution in [1.82, 2.24) is 0 Å². The molecule has 3 rings (SSSR count). The fraction of sp³-hybridized carbons (Fsp3) is 0.0588. The monoisotopic (exact) mass is 313 g/mol. The molecular formula is C17H15NO5. The zero-order valence-corrected chi connectivity index (χ0v) is 12.3. The Bertz CT molecular complexity index is 834. The van der Waals surface area contributed by atoms with E-state index < -0.39 is 11.9 Å². The molecule has 0 aliphatic rings. The molecule has 0 radical (unpaired) electrons. The van der Waals surface area contributed by atoms with Gasteiger partial charge in [0.05, 0.1) is 17.4 Å². The summed E-state index contributed by atoms with van der Waals surface area (Å²) in [6, 6.07) is 11.6. The van der Waals surface area contributed by atoms with Gasteiger partial charge in [0.2, 0.25) is 0 Å². The fourth-order valence-electron chi connectivity index (χ4n) is 2.08. The minimum atomic E-state index is -1.11. The molecule has 1 aromatic heterocycles. The van der Waals surface area contributed by atoms with Crippen molar-refractivity contribution < 1.29 is 24.2 Å². The van der Waals surface area contributed by atoms with E-state index in [1.165, 1.54) is 25.1 Å². The van der Waals surface area contributed by atoms with Crippen LogP contribution in [-0.4, -0.2) is 22.2 Å². The van der Waals surface area contributed by atoms with E-state index in [1.807, 2.05) is 24.3 Å². The quantitative estimate of drug-likeness (QED) is 0.625. The Morgan fingerprint density at radius 2 is 1.61 bits per heavy atom. The van der Waals surface area contributed by atoms with Crippen LogP contribution < -0.4 is 5.73 Å². The lowest BCUT2D eigenvalue weighted by Crippen LogP contribution is -2.06. The first-order chi connectivity index (χ1) is 10.9. The molecule has 0 saturated carbocycles. The van der Waals surface area contributed by atoms with Crippen molar-refractivity contribution in [2.45, 2.75) is 6.92 Å². The molecule has 0 bridgehead atoms. The molecule has 0 unspecified atom stereocenters. The maximum Gasteiger partial charge on any atom is 0.335 e. The van der Waals surface area contributed by atoms with Gasteiger partial charge in [0.25, 0.3) is 0 Å². The van der Waals surface area contributed by atoms with Gasteiger partial charge in [-0.15, -0.1) is 0 Å². The van der Waals surface area contributed by atoms with Crippen LogP contribution in [-0.2, 0) is 0 Å². The van der Waals surface area contributed by atoms with E-state index in [0.717, 1.165) is 16.7 Å². The van der Waals surface area contributed by atoms with E-state index in [2.05, 4.69) is 0 Å². The Kier molecular flexibility index (Phi) is 4.66. The van der Waals surface area contributed by atoms with Crippen molar-refractivity contribution in [2.75, 3.05) is 5.73 Å². The van der Waals surface area contributed by atoms with Gasteiger partial charge in [-0.2, -0.15) is 0 Å². The number of furan rings is 1. The Morgan fingerprint density at radius 1 is 1.00 bits per heavy atom. The average molecular weight is 313 g/mol. The zero-order chi connectivity index (χ0) is 17.0. The van der Waals surface area contributed by atoms with E-state index in [9.17, 15) is 9.59 Å². The number of carbonyl (C=O) groups is 2. The van der Waals surface area contributed by atoms with E-state index in [0.29, 0.717) is 0 Å². The van der Waals surface area contributed by atoms with Crippen LogP contribution in [0.4, 0.5) is 5.69 Å². The average Bonchev–Trinajstić information content (AvgIpc) is 2.94. The number of benzene rings is 2. The van der Waals surface area contributed by atoms with E-state index in [1.54, 1.807) is 6.26 Å². The molecule has 23 heavy (non-hydrogen) atoms. The predicted molar refractivity (Wildman–Crippen MR) is 85.7 cm³/mol. The maximum absolute atomic E-state index is 10.6. The van der Waals surface area contributed by atoms with Crippen molar-refractivity contribution in [3.8, 4) is 0 Å². The number of carboxylic acid groups (broad SMARTS) is 2. The lowest BCUT2D eigenvalue weighted by atomic mass is 10.0. The van der Waals surface area contributed by atoms with Crippen LogP contribution in [0.3, 0.4) is 0 Å². The Labute approximate surface area is 131 Å². The molecule has 0 atom stereocenters. The summed E-state index contributed by atoms with van der Waals surface area (Å²) in [7, 11) is 0. The van der Waals surface area contributed by atoms with Gasteiger partial charge < -0.3 is 20.4 Å². The number of nitrogen functional groups attached to an aromatic ring is 1. The third-order valence-electron chi connectivity index (χ3n) is 3.27. The molecule has 0 aliphatic carbocycles. The minimum Gasteiger partial charge on any atom is -0.478 e. The van der Waals surface area contributed by atoms with Crippen LogP contribution in [0.5, 0.6) is 0 Å². The number of hydrogen-bond acceptors (Lipinski definition) is 4. The standard InChI is InChI=1S/C9H8O4.C8H7NO/c1-5-6(8(10)11)3-2-4-7(5)9(12)13;9-7-1-2-8-6(5-7)3-4-10-8/h2-4H,1H3,(H,10,11)(H,12,13);1-5H,9H2. The number of fused-ring (bicyclic) bond motifs is 1. The molecule has 0 fully saturated rings. The number of nitrogens with two attached hydrogens (primary N) is 1. The minimum absolute atomic E-state index is 0.0277. The second-order valence-corrected chi connectivity index (χ2v) is 4.81. The first-order valence-corrected chi connectivity index (χ1v) is 6.69. The molecule has 4 N–H and O–H groups in total. The van der Waals surface area contributed by atoms with Gasteiger partial charge in [-0.1, -0.05) is 6.07 Å². The molecule has 118 valence electrons. The van der Waals surface area contributed by atoms with Crippen molar-refractivity contribution in [3.05, 3.63) is 65.4 Å². The normalized spacial score (nSPS) is 9.96. The zero-order valence-electron chi connectivity index (χ0n) is 12.3. The molecular weight excluding hydrogens is 298 g/mol. The largest absolute Gasteiger partial charge is 0.478 e. The Morgan fingerprint density at radius 3 is 2.17 bits per heavy atom. The van der Waals surface area contributed by atoms with Crippen molar-refractivity contribution in [1.29, 1.82) is 0 Å². The Hall–Kier alpha value is -3.28. The van der Waals surface area contributed by atoms with Crippen molar-refractivity contribution in [2.24, 2.45) is 0 Å². The van der Waals surface area contributed by atoms with Crippen molar-refractivity contribution in [3.63, 3.8) is 0 Å². The summed E-state index contributed by atoms with van der Waals surface area (Å²) in [5.41, 5.74) is 7.53. The summed E-state index contributed by atoms with van der Waals surface area (Å²) in [4.78, 5) is 21.2. The highest BCUT2D eigenvalue weighted by Gasteiger charge is 2.13. The second kappa shape index (κ2) is 6.65. The number of hydrogen-bond donors (Lipinski definition) is 3. The van der Waals surface area contributed by atoms with Crippen LogP contribution >= 0.6 is 0 Å². The lowest BCUT2D eigenvalue weighted by Gasteiger charge is -2.03. The number of anilines is 1. The van der Waals surface area contributed by atoms with Crippen LogP contribution in [0.1, 0.15) is 26.3 Å². The van der Waals surface area contributed by atoms with E-state index in [4.69, 9.17) is 20.4 Å². The predicted octanol–water partition coefficient (Wildman–Crippen LogP) is 3.41. The third-order valence-corrected chi connectivity index (χ3v) is 3.27. The van der Waals surface area contributed by atoms with E-state index in [-0.39, 0.29) is 16.7 Å². The molecule has 0 spiro atoms. The van der Waals surface area contributed by atoms with Gasteiger partial charge >= 0.3 is 11.9 Å². The Balaban J connectivity index is 0.000000172. The highest BCUT2D eigenvalue weighted by atomic mass is 16.4. The van der Waals surface area contributed by atoms with Crippen LogP contribution in [0, 0.1) is 6.92 Å². The number of carboxylic acids is 2. The SMILES string of the molecule is Cc1c(C(=O)O)cccc1C(=O)O.Nc1ccc2occc2c1. The second-order valence-electron chi connectivity index (χ2n) is 4.81. The summed E-state index contributed by atoms with van der Waals surface area (Å²) >= 11 is 0. The highest BCUT2D eigenvalue weighted by Crippen LogP contribution is 2.17. The van der Waals surface area contributed by atoms with Gasteiger partial charge in [-0.05, 0) is 48.9 Å². The highest BCUT2D eigenvalue weighted by molar-refractivity contribution is 5.96. The topological polar surface area (TPSA) is 114 Å². The molecule has 2 aromatic carbocycles. The van der Waals surface area contributed by atoms with Gasteiger partial charge in [0, 0.05) is 11.1 Å². The van der Waals surface area contributed by atoms with E-state index >= 15 is 0 Å². The molecule has 3 aromatic rings. The first-order valence-electron chi connectivity index (χ1n) is 6.69. The molecule has 6 heteroatoms. The summed E-state index contributed by atoms with van der Waals surface area (Å²) in [6.07, 6.45) is 1.66. The summed E-state index contributed by atoms with van der Waals surface area (Å²) in [5.74, 6) is -2.22.